The number of rotatable bonds is 3. The fourth-order valence-corrected chi connectivity index (χ4v) is 2.49. The number of aromatic nitrogens is 2. The summed E-state index contributed by atoms with van der Waals surface area (Å²) < 4.78 is 20.9. The molecule has 2 rings (SSSR count). The Hall–Kier alpha value is -1.47. The van der Waals surface area contributed by atoms with Gasteiger partial charge in [0, 0.05) is 18.2 Å². The molecule has 1 aliphatic rings. The highest BCUT2D eigenvalue weighted by Crippen LogP contribution is 2.44. The lowest BCUT2D eigenvalue weighted by atomic mass is 9.86. The molecule has 6 nitrogen and oxygen atoms in total. The lowest BCUT2D eigenvalue weighted by Gasteiger charge is -2.29. The molecular formula is C12H17FN2O4. The Bertz CT molecular complexity index is 563. The van der Waals surface area contributed by atoms with E-state index in [2.05, 4.69) is 4.98 Å². The summed E-state index contributed by atoms with van der Waals surface area (Å²) in [5.74, 6) is -0.550. The molecule has 1 aromatic heterocycles. The SMILES string of the molecule is CC[C@@]1(CO)OC(n2ccc(=O)[nH]c2=O)[C@H](F)[C@@H]1C. The molecule has 0 radical (unpaired) electrons. The van der Waals surface area contributed by atoms with Crippen molar-refractivity contribution >= 4 is 0 Å². The van der Waals surface area contributed by atoms with Gasteiger partial charge < -0.3 is 9.84 Å². The second-order valence-corrected chi connectivity index (χ2v) is 4.84. The standard InChI is InChI=1S/C12H17FN2O4/c1-3-12(6-16)7(2)9(13)10(19-12)15-5-4-8(17)14-11(15)18/h4-5,7,9-10,16H,3,6H2,1-2H3,(H,14,17,18)/t7-,9+,10?,12-/m0/s1. The van der Waals surface area contributed by atoms with Crippen LogP contribution in [0.5, 0.6) is 0 Å². The molecule has 1 aromatic rings. The monoisotopic (exact) mass is 272 g/mol. The van der Waals surface area contributed by atoms with Gasteiger partial charge >= 0.3 is 5.69 Å². The van der Waals surface area contributed by atoms with Crippen molar-refractivity contribution in [1.82, 2.24) is 9.55 Å². The Kier molecular flexibility index (Phi) is 3.60. The van der Waals surface area contributed by atoms with Crippen LogP contribution in [0.1, 0.15) is 26.5 Å². The van der Waals surface area contributed by atoms with Gasteiger partial charge in [-0.25, -0.2) is 9.18 Å². The van der Waals surface area contributed by atoms with E-state index >= 15 is 0 Å². The van der Waals surface area contributed by atoms with Crippen molar-refractivity contribution in [3.05, 3.63) is 33.1 Å². The Morgan fingerprint density at radius 3 is 2.74 bits per heavy atom. The predicted octanol–water partition coefficient (Wildman–Crippen LogP) is 0.181. The first-order chi connectivity index (χ1) is 8.95. The Labute approximate surface area is 108 Å². The first-order valence-electron chi connectivity index (χ1n) is 6.19. The van der Waals surface area contributed by atoms with E-state index in [0.717, 1.165) is 10.6 Å². The molecule has 0 aliphatic carbocycles. The van der Waals surface area contributed by atoms with Gasteiger partial charge in [0.2, 0.25) is 0 Å². The summed E-state index contributed by atoms with van der Waals surface area (Å²) in [4.78, 5) is 24.7. The van der Waals surface area contributed by atoms with Gasteiger partial charge in [0.05, 0.1) is 12.2 Å². The summed E-state index contributed by atoms with van der Waals surface area (Å²) in [6.45, 7) is 3.11. The van der Waals surface area contributed by atoms with Gasteiger partial charge in [-0.2, -0.15) is 0 Å². The number of hydrogen-bond donors (Lipinski definition) is 2. The number of nitrogens with one attached hydrogen (secondary N) is 1. The number of halogens is 1. The minimum absolute atomic E-state index is 0.320. The maximum atomic E-state index is 14.3. The van der Waals surface area contributed by atoms with E-state index in [1.807, 2.05) is 0 Å². The minimum atomic E-state index is -1.43. The van der Waals surface area contributed by atoms with Crippen LogP contribution in [0.3, 0.4) is 0 Å². The zero-order valence-corrected chi connectivity index (χ0v) is 10.8. The predicted molar refractivity (Wildman–Crippen MR) is 65.6 cm³/mol. The molecule has 0 spiro atoms. The highest BCUT2D eigenvalue weighted by atomic mass is 19.1. The lowest BCUT2D eigenvalue weighted by molar-refractivity contribution is -0.115. The molecule has 1 saturated heterocycles. The third-order valence-corrected chi connectivity index (χ3v) is 3.93. The van der Waals surface area contributed by atoms with Crippen molar-refractivity contribution in [2.45, 2.75) is 38.3 Å². The second-order valence-electron chi connectivity index (χ2n) is 4.84. The smallest absolute Gasteiger partial charge is 0.330 e. The van der Waals surface area contributed by atoms with Crippen molar-refractivity contribution in [3.8, 4) is 0 Å². The average Bonchev–Trinajstić information content (AvgIpc) is 2.64. The third kappa shape index (κ3) is 2.12. The summed E-state index contributed by atoms with van der Waals surface area (Å²) in [6.07, 6.45) is -0.935. The molecule has 0 amide bonds. The summed E-state index contributed by atoms with van der Waals surface area (Å²) in [6, 6.07) is 1.13. The summed E-state index contributed by atoms with van der Waals surface area (Å²) in [5, 5.41) is 9.45. The van der Waals surface area contributed by atoms with Gasteiger partial charge in [0.25, 0.3) is 5.56 Å². The van der Waals surface area contributed by atoms with Crippen LogP contribution in [0.25, 0.3) is 0 Å². The summed E-state index contributed by atoms with van der Waals surface area (Å²) in [7, 11) is 0. The number of ether oxygens (including phenoxy) is 1. The first kappa shape index (κ1) is 14.0. The second kappa shape index (κ2) is 4.90. The van der Waals surface area contributed by atoms with Crippen LogP contribution in [0.4, 0.5) is 4.39 Å². The molecule has 19 heavy (non-hydrogen) atoms. The van der Waals surface area contributed by atoms with Gasteiger partial charge in [-0.3, -0.25) is 14.3 Å². The zero-order valence-electron chi connectivity index (χ0n) is 10.8. The molecule has 2 heterocycles. The van der Waals surface area contributed by atoms with Crippen molar-refractivity contribution in [3.63, 3.8) is 0 Å². The van der Waals surface area contributed by atoms with Crippen LogP contribution in [-0.2, 0) is 4.74 Å². The number of nitrogens with zero attached hydrogens (tertiary/aromatic N) is 1. The van der Waals surface area contributed by atoms with Gasteiger partial charge in [-0.15, -0.1) is 0 Å². The van der Waals surface area contributed by atoms with Crippen molar-refractivity contribution in [1.29, 1.82) is 0 Å². The Morgan fingerprint density at radius 2 is 2.26 bits per heavy atom. The largest absolute Gasteiger partial charge is 0.393 e. The molecule has 0 saturated carbocycles. The van der Waals surface area contributed by atoms with Crippen molar-refractivity contribution in [2.75, 3.05) is 6.61 Å². The molecular weight excluding hydrogens is 255 g/mol. The van der Waals surface area contributed by atoms with E-state index in [4.69, 9.17) is 4.74 Å². The van der Waals surface area contributed by atoms with Crippen LogP contribution in [0.2, 0.25) is 0 Å². The van der Waals surface area contributed by atoms with Gasteiger partial charge in [-0.05, 0) is 6.42 Å². The fraction of sp³-hybridized carbons (Fsp3) is 0.667. The molecule has 7 heteroatoms. The first-order valence-corrected chi connectivity index (χ1v) is 6.19. The van der Waals surface area contributed by atoms with E-state index < -0.39 is 35.2 Å². The van der Waals surface area contributed by atoms with Gasteiger partial charge in [0.1, 0.15) is 0 Å². The number of hydrogen-bond acceptors (Lipinski definition) is 4. The van der Waals surface area contributed by atoms with E-state index in [9.17, 15) is 19.1 Å². The quantitative estimate of drug-likeness (QED) is 0.822. The lowest BCUT2D eigenvalue weighted by Crippen LogP contribution is -2.39. The summed E-state index contributed by atoms with van der Waals surface area (Å²) >= 11 is 0. The molecule has 1 unspecified atom stereocenters. The maximum absolute atomic E-state index is 14.3. The molecule has 4 atom stereocenters. The number of H-pyrrole nitrogens is 1. The van der Waals surface area contributed by atoms with Crippen LogP contribution in [0.15, 0.2) is 21.9 Å². The Balaban J connectivity index is 2.42. The molecule has 1 fully saturated rings. The van der Waals surface area contributed by atoms with E-state index in [0.29, 0.717) is 6.42 Å². The van der Waals surface area contributed by atoms with E-state index in [-0.39, 0.29) is 6.61 Å². The van der Waals surface area contributed by atoms with Gasteiger partial charge in [0.15, 0.2) is 12.4 Å². The summed E-state index contributed by atoms with van der Waals surface area (Å²) in [5.41, 5.74) is -2.27. The van der Waals surface area contributed by atoms with Crippen LogP contribution < -0.4 is 11.2 Å². The number of aliphatic hydroxyl groups excluding tert-OH is 1. The number of alkyl halides is 1. The highest BCUT2D eigenvalue weighted by Gasteiger charge is 2.52. The molecule has 0 aromatic carbocycles. The minimum Gasteiger partial charge on any atom is -0.393 e. The zero-order chi connectivity index (χ0) is 14.2. The molecule has 2 N–H and O–H groups in total. The Morgan fingerprint density at radius 1 is 1.58 bits per heavy atom. The normalized spacial score (nSPS) is 34.6. The highest BCUT2D eigenvalue weighted by molar-refractivity contribution is 4.99. The average molecular weight is 272 g/mol. The van der Waals surface area contributed by atoms with E-state index in [1.165, 1.54) is 6.20 Å². The molecule has 106 valence electrons. The molecule has 0 bridgehead atoms. The topological polar surface area (TPSA) is 84.3 Å². The number of aromatic amines is 1. The van der Waals surface area contributed by atoms with Crippen LogP contribution in [0, 0.1) is 5.92 Å². The van der Waals surface area contributed by atoms with Gasteiger partial charge in [-0.1, -0.05) is 13.8 Å². The fourth-order valence-electron chi connectivity index (χ4n) is 2.49. The van der Waals surface area contributed by atoms with E-state index in [1.54, 1.807) is 13.8 Å². The van der Waals surface area contributed by atoms with Crippen molar-refractivity contribution < 1.29 is 14.2 Å². The van der Waals surface area contributed by atoms with Crippen LogP contribution in [-0.4, -0.2) is 33.0 Å². The molecule has 1 aliphatic heterocycles. The van der Waals surface area contributed by atoms with Crippen LogP contribution >= 0.6 is 0 Å². The maximum Gasteiger partial charge on any atom is 0.330 e. The van der Waals surface area contributed by atoms with Crippen molar-refractivity contribution in [2.24, 2.45) is 5.92 Å². The number of aliphatic hydroxyl groups is 1. The third-order valence-electron chi connectivity index (χ3n) is 3.93.